The van der Waals surface area contributed by atoms with Gasteiger partial charge in [0.25, 0.3) is 0 Å². The van der Waals surface area contributed by atoms with Crippen LogP contribution < -0.4 is 0 Å². The standard InChI is InChI=1S/C16H24O6/c1-11-3-5-13(17)8-10-16(20)22-12(2)4-6-14(18)7-9-15(19)21-11/h7-14,17-18H,3-6H2,1-2H3/b9-7+,10-8+/t11-,12?,13-,14?/m1/s1. The smallest absolute Gasteiger partial charge is 0.330 e. The molecule has 0 saturated heterocycles. The van der Waals surface area contributed by atoms with Crippen molar-refractivity contribution in [3.05, 3.63) is 24.3 Å². The summed E-state index contributed by atoms with van der Waals surface area (Å²) < 4.78 is 10.3. The molecule has 1 rings (SSSR count). The van der Waals surface area contributed by atoms with Crippen LogP contribution in [0.3, 0.4) is 0 Å². The van der Waals surface area contributed by atoms with Gasteiger partial charge in [0, 0.05) is 12.2 Å². The molecule has 4 atom stereocenters. The van der Waals surface area contributed by atoms with Crippen molar-refractivity contribution in [1.82, 2.24) is 0 Å². The fourth-order valence-electron chi connectivity index (χ4n) is 1.98. The third-order valence-corrected chi connectivity index (χ3v) is 3.28. The number of hydrogen-bond acceptors (Lipinski definition) is 6. The molecule has 0 bridgehead atoms. The van der Waals surface area contributed by atoms with Gasteiger partial charge in [0.1, 0.15) is 0 Å². The van der Waals surface area contributed by atoms with Crippen LogP contribution in [0.2, 0.25) is 0 Å². The summed E-state index contributed by atoms with van der Waals surface area (Å²) in [5.74, 6) is -1.05. The van der Waals surface area contributed by atoms with Crippen molar-refractivity contribution in [2.24, 2.45) is 0 Å². The molecule has 6 nitrogen and oxygen atoms in total. The molecule has 0 aromatic heterocycles. The van der Waals surface area contributed by atoms with Crippen LogP contribution in [-0.2, 0) is 19.1 Å². The second-order valence-electron chi connectivity index (χ2n) is 5.50. The van der Waals surface area contributed by atoms with Gasteiger partial charge >= 0.3 is 11.9 Å². The highest BCUT2D eigenvalue weighted by Gasteiger charge is 2.13. The van der Waals surface area contributed by atoms with Crippen LogP contribution in [0.4, 0.5) is 0 Å². The first-order valence-corrected chi connectivity index (χ1v) is 7.50. The molecule has 1 aliphatic rings. The lowest BCUT2D eigenvalue weighted by Gasteiger charge is -2.15. The monoisotopic (exact) mass is 312 g/mol. The summed E-state index contributed by atoms with van der Waals surface area (Å²) in [4.78, 5) is 23.1. The Bertz CT molecular complexity index is 388. The fourth-order valence-corrected chi connectivity index (χ4v) is 1.98. The van der Waals surface area contributed by atoms with Crippen LogP contribution in [-0.4, -0.2) is 46.6 Å². The van der Waals surface area contributed by atoms with Crippen LogP contribution in [0.15, 0.2) is 24.3 Å². The number of aliphatic hydroxyl groups excluding tert-OH is 2. The SMILES string of the molecule is CC1CCC(O)/C=C/C(=O)O[C@H](C)CC[C@@H](O)/C=C/C(=O)O1. The van der Waals surface area contributed by atoms with Crippen molar-refractivity contribution in [2.75, 3.05) is 0 Å². The molecule has 0 radical (unpaired) electrons. The summed E-state index contributed by atoms with van der Waals surface area (Å²) in [7, 11) is 0. The van der Waals surface area contributed by atoms with E-state index >= 15 is 0 Å². The maximum Gasteiger partial charge on any atom is 0.330 e. The molecule has 2 unspecified atom stereocenters. The second kappa shape index (κ2) is 9.38. The van der Waals surface area contributed by atoms with E-state index in [4.69, 9.17) is 9.47 Å². The van der Waals surface area contributed by atoms with E-state index in [9.17, 15) is 19.8 Å². The maximum atomic E-state index is 11.6. The summed E-state index contributed by atoms with van der Waals surface area (Å²) in [5.41, 5.74) is 0. The van der Waals surface area contributed by atoms with Crippen LogP contribution in [0.25, 0.3) is 0 Å². The van der Waals surface area contributed by atoms with E-state index in [1.54, 1.807) is 13.8 Å². The topological polar surface area (TPSA) is 93.1 Å². The number of aliphatic hydroxyl groups is 2. The van der Waals surface area contributed by atoms with E-state index in [0.717, 1.165) is 0 Å². The first-order chi connectivity index (χ1) is 10.4. The molecule has 0 spiro atoms. The molecule has 0 fully saturated rings. The Kier molecular flexibility index (Phi) is 7.84. The van der Waals surface area contributed by atoms with Crippen molar-refractivity contribution in [3.63, 3.8) is 0 Å². The first-order valence-electron chi connectivity index (χ1n) is 7.50. The van der Waals surface area contributed by atoms with Gasteiger partial charge < -0.3 is 19.7 Å². The van der Waals surface area contributed by atoms with Crippen molar-refractivity contribution < 1.29 is 29.3 Å². The van der Waals surface area contributed by atoms with Crippen molar-refractivity contribution in [3.8, 4) is 0 Å². The van der Waals surface area contributed by atoms with Crippen LogP contribution in [0, 0.1) is 0 Å². The largest absolute Gasteiger partial charge is 0.460 e. The van der Waals surface area contributed by atoms with Gasteiger partial charge in [-0.05, 0) is 51.7 Å². The summed E-state index contributed by atoms with van der Waals surface area (Å²) in [6.45, 7) is 3.44. The van der Waals surface area contributed by atoms with E-state index < -0.39 is 24.1 Å². The number of ether oxygens (including phenoxy) is 2. The minimum absolute atomic E-state index is 0.361. The van der Waals surface area contributed by atoms with E-state index in [-0.39, 0.29) is 12.2 Å². The van der Waals surface area contributed by atoms with Crippen molar-refractivity contribution in [2.45, 2.75) is 63.9 Å². The van der Waals surface area contributed by atoms with Crippen LogP contribution >= 0.6 is 0 Å². The number of rotatable bonds is 0. The van der Waals surface area contributed by atoms with Gasteiger partial charge in [-0.1, -0.05) is 0 Å². The molecule has 1 aliphatic heterocycles. The summed E-state index contributed by atoms with van der Waals surface area (Å²) in [5, 5.41) is 19.5. The van der Waals surface area contributed by atoms with E-state index in [0.29, 0.717) is 25.7 Å². The summed E-state index contributed by atoms with van der Waals surface area (Å²) >= 11 is 0. The van der Waals surface area contributed by atoms with Gasteiger partial charge in [-0.2, -0.15) is 0 Å². The van der Waals surface area contributed by atoms with Gasteiger partial charge in [0.05, 0.1) is 24.4 Å². The molecular weight excluding hydrogens is 288 g/mol. The zero-order valence-corrected chi connectivity index (χ0v) is 13.0. The van der Waals surface area contributed by atoms with Gasteiger partial charge in [-0.3, -0.25) is 0 Å². The van der Waals surface area contributed by atoms with Gasteiger partial charge in [-0.25, -0.2) is 9.59 Å². The third kappa shape index (κ3) is 7.95. The van der Waals surface area contributed by atoms with Crippen LogP contribution in [0.1, 0.15) is 39.5 Å². The van der Waals surface area contributed by atoms with E-state index in [1.807, 2.05) is 0 Å². The maximum absolute atomic E-state index is 11.6. The Morgan fingerprint density at radius 1 is 0.818 bits per heavy atom. The number of hydrogen-bond donors (Lipinski definition) is 2. The highest BCUT2D eigenvalue weighted by molar-refractivity contribution is 5.82. The second-order valence-corrected chi connectivity index (χ2v) is 5.50. The molecule has 1 heterocycles. The van der Waals surface area contributed by atoms with Gasteiger partial charge in [-0.15, -0.1) is 0 Å². The quantitative estimate of drug-likeness (QED) is 0.654. The minimum Gasteiger partial charge on any atom is -0.460 e. The molecule has 2 N–H and O–H groups in total. The number of carbonyl (C=O) groups excluding carboxylic acids is 2. The predicted molar refractivity (Wildman–Crippen MR) is 79.9 cm³/mol. The molecule has 22 heavy (non-hydrogen) atoms. The Morgan fingerprint density at radius 3 is 1.55 bits per heavy atom. The zero-order valence-electron chi connectivity index (χ0n) is 13.0. The molecule has 0 saturated carbocycles. The lowest BCUT2D eigenvalue weighted by Crippen LogP contribution is -2.18. The van der Waals surface area contributed by atoms with E-state index in [2.05, 4.69) is 0 Å². The molecule has 6 heteroatoms. The lowest BCUT2D eigenvalue weighted by atomic mass is 10.1. The molecular formula is C16H24O6. The highest BCUT2D eigenvalue weighted by atomic mass is 16.5. The molecule has 0 aliphatic carbocycles. The molecule has 124 valence electrons. The minimum atomic E-state index is -0.797. The van der Waals surface area contributed by atoms with Crippen LogP contribution in [0.5, 0.6) is 0 Å². The number of cyclic esters (lactones) is 2. The molecule has 0 aromatic carbocycles. The first kappa shape index (κ1) is 18.4. The third-order valence-electron chi connectivity index (χ3n) is 3.28. The molecule has 0 aromatic rings. The normalized spacial score (nSPS) is 35.3. The lowest BCUT2D eigenvalue weighted by molar-refractivity contribution is -0.143. The Hall–Kier alpha value is -1.66. The average molecular weight is 312 g/mol. The Labute approximate surface area is 130 Å². The summed E-state index contributed by atoms with van der Waals surface area (Å²) in [6.07, 6.45) is 4.44. The fraction of sp³-hybridized carbons (Fsp3) is 0.625. The number of esters is 2. The van der Waals surface area contributed by atoms with Crippen molar-refractivity contribution in [1.29, 1.82) is 0 Å². The zero-order chi connectivity index (χ0) is 16.5. The Balaban J connectivity index is 2.70. The summed E-state index contributed by atoms with van der Waals surface area (Å²) in [6, 6.07) is 0. The average Bonchev–Trinajstić information content (AvgIpc) is 2.46. The van der Waals surface area contributed by atoms with Gasteiger partial charge in [0.15, 0.2) is 0 Å². The van der Waals surface area contributed by atoms with Crippen molar-refractivity contribution >= 4 is 11.9 Å². The molecule has 0 amide bonds. The number of carbonyl (C=O) groups is 2. The highest BCUT2D eigenvalue weighted by Crippen LogP contribution is 2.10. The van der Waals surface area contributed by atoms with Gasteiger partial charge in [0.2, 0.25) is 0 Å². The predicted octanol–water partition coefficient (Wildman–Crippen LogP) is 1.26. The Morgan fingerprint density at radius 2 is 1.18 bits per heavy atom. The van der Waals surface area contributed by atoms with E-state index in [1.165, 1.54) is 24.3 Å².